The molecule has 0 unspecified atom stereocenters. The molecule has 0 aliphatic carbocycles. The number of benzene rings is 1. The number of anilines is 1. The molecule has 2 rings (SSSR count). The quantitative estimate of drug-likeness (QED) is 0.887. The van der Waals surface area contributed by atoms with Gasteiger partial charge in [-0.25, -0.2) is 4.98 Å². The number of halogens is 1. The molecule has 0 fully saturated rings. The highest BCUT2D eigenvalue weighted by Crippen LogP contribution is 2.30. The van der Waals surface area contributed by atoms with Gasteiger partial charge in [0.2, 0.25) is 0 Å². The zero-order valence-corrected chi connectivity index (χ0v) is 10.5. The predicted molar refractivity (Wildman–Crippen MR) is 70.4 cm³/mol. The van der Waals surface area contributed by atoms with Gasteiger partial charge < -0.3 is 10.5 Å². The average Bonchev–Trinajstić information content (AvgIpc) is 2.33. The van der Waals surface area contributed by atoms with E-state index in [0.717, 1.165) is 16.7 Å². The van der Waals surface area contributed by atoms with Crippen LogP contribution in [0.5, 0.6) is 5.75 Å². The molecule has 0 aliphatic heterocycles. The maximum atomic E-state index is 5.98. The minimum absolute atomic E-state index is 0.551. The number of pyridine rings is 1. The van der Waals surface area contributed by atoms with Gasteiger partial charge in [-0.3, -0.25) is 0 Å². The van der Waals surface area contributed by atoms with Crippen LogP contribution in [0.1, 0.15) is 5.56 Å². The second kappa shape index (κ2) is 4.63. The van der Waals surface area contributed by atoms with Crippen molar-refractivity contribution in [2.45, 2.75) is 6.92 Å². The summed E-state index contributed by atoms with van der Waals surface area (Å²) in [4.78, 5) is 4.14. The number of hydrogen-bond acceptors (Lipinski definition) is 3. The molecule has 1 aromatic carbocycles. The number of nitrogens with zero attached hydrogens (tertiary/aromatic N) is 1. The molecule has 0 atom stereocenters. The van der Waals surface area contributed by atoms with Crippen LogP contribution in [0.2, 0.25) is 5.02 Å². The van der Waals surface area contributed by atoms with Crippen LogP contribution in [-0.2, 0) is 0 Å². The first-order chi connectivity index (χ1) is 8.11. The van der Waals surface area contributed by atoms with E-state index in [9.17, 15) is 0 Å². The Morgan fingerprint density at radius 3 is 2.65 bits per heavy atom. The molecule has 2 aromatic rings. The summed E-state index contributed by atoms with van der Waals surface area (Å²) >= 11 is 5.98. The zero-order valence-electron chi connectivity index (χ0n) is 9.70. The number of ether oxygens (including phenoxy) is 1. The van der Waals surface area contributed by atoms with Gasteiger partial charge in [-0.05, 0) is 36.2 Å². The number of aromatic nitrogens is 1. The van der Waals surface area contributed by atoms with Crippen LogP contribution in [0.4, 0.5) is 5.82 Å². The fraction of sp³-hybridized carbons (Fsp3) is 0.154. The third-order valence-electron chi connectivity index (χ3n) is 2.60. The van der Waals surface area contributed by atoms with Crippen LogP contribution in [0.25, 0.3) is 11.1 Å². The van der Waals surface area contributed by atoms with Crippen molar-refractivity contribution in [3.05, 3.63) is 41.0 Å². The van der Waals surface area contributed by atoms with E-state index in [0.29, 0.717) is 16.6 Å². The van der Waals surface area contributed by atoms with E-state index in [4.69, 9.17) is 22.1 Å². The Morgan fingerprint density at radius 2 is 2.00 bits per heavy atom. The molecule has 1 aromatic heterocycles. The average molecular weight is 249 g/mol. The van der Waals surface area contributed by atoms with Gasteiger partial charge in [-0.2, -0.15) is 0 Å². The lowest BCUT2D eigenvalue weighted by atomic mass is 10.1. The van der Waals surface area contributed by atoms with Crippen molar-refractivity contribution in [2.24, 2.45) is 0 Å². The highest BCUT2D eigenvalue weighted by atomic mass is 35.5. The summed E-state index contributed by atoms with van der Waals surface area (Å²) < 4.78 is 5.18. The molecule has 3 nitrogen and oxygen atoms in total. The monoisotopic (exact) mass is 248 g/mol. The largest absolute Gasteiger partial charge is 0.495 e. The van der Waals surface area contributed by atoms with Gasteiger partial charge in [0.15, 0.2) is 0 Å². The molecule has 17 heavy (non-hydrogen) atoms. The first-order valence-corrected chi connectivity index (χ1v) is 5.55. The van der Waals surface area contributed by atoms with Gasteiger partial charge in [0.25, 0.3) is 0 Å². The van der Waals surface area contributed by atoms with E-state index in [-0.39, 0.29) is 0 Å². The molecule has 0 amide bonds. The minimum Gasteiger partial charge on any atom is -0.495 e. The van der Waals surface area contributed by atoms with E-state index in [1.54, 1.807) is 19.4 Å². The normalized spacial score (nSPS) is 10.3. The first-order valence-electron chi connectivity index (χ1n) is 5.18. The van der Waals surface area contributed by atoms with E-state index >= 15 is 0 Å². The zero-order chi connectivity index (χ0) is 12.4. The predicted octanol–water partition coefficient (Wildman–Crippen LogP) is 3.30. The van der Waals surface area contributed by atoms with Gasteiger partial charge in [0.1, 0.15) is 11.6 Å². The van der Waals surface area contributed by atoms with Crippen molar-refractivity contribution in [1.29, 1.82) is 0 Å². The third kappa shape index (κ3) is 2.34. The van der Waals surface area contributed by atoms with Crippen LogP contribution in [0.15, 0.2) is 30.5 Å². The van der Waals surface area contributed by atoms with Gasteiger partial charge >= 0.3 is 0 Å². The fourth-order valence-corrected chi connectivity index (χ4v) is 1.78. The second-order valence-corrected chi connectivity index (χ2v) is 4.18. The molecular formula is C13H13ClN2O. The van der Waals surface area contributed by atoms with Crippen molar-refractivity contribution in [1.82, 2.24) is 4.98 Å². The third-order valence-corrected chi connectivity index (χ3v) is 2.92. The van der Waals surface area contributed by atoms with Crippen LogP contribution in [-0.4, -0.2) is 12.1 Å². The second-order valence-electron chi connectivity index (χ2n) is 3.78. The number of rotatable bonds is 2. The standard InChI is InChI=1S/C13H13ClN2O/c1-8-5-10(7-16-13(8)15)9-3-4-11(14)12(6-9)17-2/h3-7H,1-2H3,(H2,15,16). The summed E-state index contributed by atoms with van der Waals surface area (Å²) in [5, 5.41) is 0.594. The summed E-state index contributed by atoms with van der Waals surface area (Å²) in [6.07, 6.45) is 1.74. The maximum absolute atomic E-state index is 5.98. The van der Waals surface area contributed by atoms with Crippen molar-refractivity contribution < 1.29 is 4.74 Å². The maximum Gasteiger partial charge on any atom is 0.138 e. The number of nitrogens with two attached hydrogens (primary N) is 1. The van der Waals surface area contributed by atoms with Crippen molar-refractivity contribution in [3.63, 3.8) is 0 Å². The SMILES string of the molecule is COc1cc(-c2cnc(N)c(C)c2)ccc1Cl. The highest BCUT2D eigenvalue weighted by molar-refractivity contribution is 6.32. The topological polar surface area (TPSA) is 48.1 Å². The molecule has 0 radical (unpaired) electrons. The number of nitrogen functional groups attached to an aromatic ring is 1. The lowest BCUT2D eigenvalue weighted by Crippen LogP contribution is -1.94. The number of methoxy groups -OCH3 is 1. The summed E-state index contributed by atoms with van der Waals surface area (Å²) in [5.74, 6) is 1.20. The molecule has 1 heterocycles. The molecule has 2 N–H and O–H groups in total. The summed E-state index contributed by atoms with van der Waals surface area (Å²) in [7, 11) is 1.59. The summed E-state index contributed by atoms with van der Waals surface area (Å²) in [6, 6.07) is 7.61. The van der Waals surface area contributed by atoms with E-state index in [2.05, 4.69) is 4.98 Å². The Kier molecular flexibility index (Phi) is 3.20. The molecule has 88 valence electrons. The van der Waals surface area contributed by atoms with Gasteiger partial charge in [0, 0.05) is 11.8 Å². The Balaban J connectivity index is 2.49. The van der Waals surface area contributed by atoms with Gasteiger partial charge in [0.05, 0.1) is 12.1 Å². The van der Waals surface area contributed by atoms with E-state index in [1.807, 2.05) is 25.1 Å². The van der Waals surface area contributed by atoms with Crippen molar-refractivity contribution in [2.75, 3.05) is 12.8 Å². The van der Waals surface area contributed by atoms with Crippen LogP contribution in [0.3, 0.4) is 0 Å². The minimum atomic E-state index is 0.551. The molecule has 0 saturated carbocycles. The van der Waals surface area contributed by atoms with Crippen molar-refractivity contribution in [3.8, 4) is 16.9 Å². The van der Waals surface area contributed by atoms with E-state index in [1.165, 1.54) is 0 Å². The molecule has 4 heteroatoms. The Morgan fingerprint density at radius 1 is 1.24 bits per heavy atom. The van der Waals surface area contributed by atoms with Gasteiger partial charge in [-0.1, -0.05) is 17.7 Å². The van der Waals surface area contributed by atoms with Crippen molar-refractivity contribution >= 4 is 17.4 Å². The molecule has 0 aliphatic rings. The van der Waals surface area contributed by atoms with Crippen LogP contribution >= 0.6 is 11.6 Å². The lowest BCUT2D eigenvalue weighted by Gasteiger charge is -2.08. The summed E-state index contributed by atoms with van der Waals surface area (Å²) in [5.41, 5.74) is 8.64. The van der Waals surface area contributed by atoms with Crippen LogP contribution < -0.4 is 10.5 Å². The lowest BCUT2D eigenvalue weighted by molar-refractivity contribution is 0.415. The molecule has 0 bridgehead atoms. The Bertz CT molecular complexity index is 555. The number of aryl methyl sites for hydroxylation is 1. The highest BCUT2D eigenvalue weighted by Gasteiger charge is 2.05. The van der Waals surface area contributed by atoms with Gasteiger partial charge in [-0.15, -0.1) is 0 Å². The Labute approximate surface area is 105 Å². The first kappa shape index (κ1) is 11.7. The summed E-state index contributed by atoms with van der Waals surface area (Å²) in [6.45, 7) is 1.93. The smallest absolute Gasteiger partial charge is 0.138 e. The van der Waals surface area contributed by atoms with Crippen LogP contribution in [0, 0.1) is 6.92 Å². The molecular weight excluding hydrogens is 236 g/mol. The number of hydrogen-bond donors (Lipinski definition) is 1. The fourth-order valence-electron chi connectivity index (χ4n) is 1.58. The Hall–Kier alpha value is -1.74. The molecule has 0 saturated heterocycles. The molecule has 0 spiro atoms. The van der Waals surface area contributed by atoms with E-state index < -0.39 is 0 Å².